The lowest BCUT2D eigenvalue weighted by molar-refractivity contribution is -0.143. The minimum absolute atomic E-state index is 0.124. The van der Waals surface area contributed by atoms with Crippen molar-refractivity contribution in [3.8, 4) is 0 Å². The third kappa shape index (κ3) is 12.4. The van der Waals surface area contributed by atoms with Gasteiger partial charge in [0, 0.05) is 12.8 Å². The van der Waals surface area contributed by atoms with Crippen LogP contribution in [0.3, 0.4) is 0 Å². The largest absolute Gasteiger partial charge is 0.481 e. The summed E-state index contributed by atoms with van der Waals surface area (Å²) in [6.45, 7) is 4.22. The number of aryl methyl sites for hydroxylation is 1. The average molecular weight is 266 g/mol. The Bertz CT molecular complexity index is 360. The van der Waals surface area contributed by atoms with E-state index in [1.165, 1.54) is 5.56 Å². The molecule has 0 atom stereocenters. The Balaban J connectivity index is 0.000000388. The number of hydrogen-bond acceptors (Lipinski definition) is 3. The molecule has 0 fully saturated rings. The van der Waals surface area contributed by atoms with Gasteiger partial charge in [0.15, 0.2) is 0 Å². The maximum atomic E-state index is 10.7. The molecule has 106 valence electrons. The summed E-state index contributed by atoms with van der Waals surface area (Å²) in [5.41, 5.74) is 1.32. The lowest BCUT2D eigenvalue weighted by Gasteiger charge is -1.99. The molecule has 0 radical (unpaired) electrons. The van der Waals surface area contributed by atoms with Crippen LogP contribution in [0.15, 0.2) is 30.3 Å². The predicted octanol–water partition coefficient (Wildman–Crippen LogP) is 3.19. The second-order valence-corrected chi connectivity index (χ2v) is 4.06. The normalized spacial score (nSPS) is 9.16. The molecule has 0 bridgehead atoms. The first-order valence-electron chi connectivity index (χ1n) is 6.45. The molecule has 0 saturated heterocycles. The predicted molar refractivity (Wildman–Crippen MR) is 73.9 cm³/mol. The minimum Gasteiger partial charge on any atom is -0.481 e. The molecule has 4 heteroatoms. The van der Waals surface area contributed by atoms with Gasteiger partial charge >= 0.3 is 11.9 Å². The number of esters is 1. The van der Waals surface area contributed by atoms with Crippen molar-refractivity contribution in [1.82, 2.24) is 0 Å². The number of benzene rings is 1. The molecule has 0 aliphatic carbocycles. The number of carbonyl (C=O) groups is 2. The van der Waals surface area contributed by atoms with Crippen LogP contribution in [0.2, 0.25) is 0 Å². The van der Waals surface area contributed by atoms with Gasteiger partial charge in [-0.15, -0.1) is 0 Å². The SMILES string of the molecule is CCOC(=O)CCCCC(=O)O.Cc1ccccc1. The Morgan fingerprint density at radius 2 is 1.68 bits per heavy atom. The minimum atomic E-state index is -0.821. The molecule has 0 heterocycles. The topological polar surface area (TPSA) is 63.6 Å². The van der Waals surface area contributed by atoms with Gasteiger partial charge in [-0.3, -0.25) is 9.59 Å². The van der Waals surface area contributed by atoms with E-state index in [1.54, 1.807) is 6.92 Å². The van der Waals surface area contributed by atoms with Crippen molar-refractivity contribution in [3.05, 3.63) is 35.9 Å². The molecule has 4 nitrogen and oxygen atoms in total. The summed E-state index contributed by atoms with van der Waals surface area (Å²) in [6.07, 6.45) is 1.57. The smallest absolute Gasteiger partial charge is 0.305 e. The highest BCUT2D eigenvalue weighted by Gasteiger charge is 2.02. The van der Waals surface area contributed by atoms with Gasteiger partial charge in [0.1, 0.15) is 0 Å². The highest BCUT2D eigenvalue weighted by Crippen LogP contribution is 2.00. The zero-order valence-electron chi connectivity index (χ0n) is 11.6. The van der Waals surface area contributed by atoms with E-state index in [9.17, 15) is 9.59 Å². The van der Waals surface area contributed by atoms with Crippen LogP contribution in [-0.4, -0.2) is 23.7 Å². The summed E-state index contributed by atoms with van der Waals surface area (Å²) in [6, 6.07) is 10.3. The van der Waals surface area contributed by atoms with Crippen LogP contribution in [0.1, 0.15) is 38.2 Å². The fourth-order valence-electron chi connectivity index (χ4n) is 1.31. The maximum absolute atomic E-state index is 10.7. The van der Waals surface area contributed by atoms with Gasteiger partial charge in [0.05, 0.1) is 6.61 Å². The molecule has 0 amide bonds. The number of ether oxygens (including phenoxy) is 1. The van der Waals surface area contributed by atoms with Crippen molar-refractivity contribution in [2.45, 2.75) is 39.5 Å². The monoisotopic (exact) mass is 266 g/mol. The first-order valence-corrected chi connectivity index (χ1v) is 6.45. The van der Waals surface area contributed by atoms with Crippen LogP contribution in [0.25, 0.3) is 0 Å². The second kappa shape index (κ2) is 11.3. The molecule has 0 aliphatic heterocycles. The number of carboxylic acids is 1. The fourth-order valence-corrected chi connectivity index (χ4v) is 1.31. The molecule has 19 heavy (non-hydrogen) atoms. The molecule has 0 spiro atoms. The summed E-state index contributed by atoms with van der Waals surface area (Å²) in [7, 11) is 0. The molecule has 0 aromatic heterocycles. The zero-order chi connectivity index (χ0) is 14.5. The van der Waals surface area contributed by atoms with Crippen LogP contribution in [0.4, 0.5) is 0 Å². The third-order valence-electron chi connectivity index (χ3n) is 2.27. The van der Waals surface area contributed by atoms with Crippen LogP contribution < -0.4 is 0 Å². The number of rotatable bonds is 6. The molecule has 1 N–H and O–H groups in total. The van der Waals surface area contributed by atoms with Crippen LogP contribution in [-0.2, 0) is 14.3 Å². The van der Waals surface area contributed by atoms with Crippen molar-refractivity contribution in [1.29, 1.82) is 0 Å². The van der Waals surface area contributed by atoms with Crippen molar-refractivity contribution >= 4 is 11.9 Å². The summed E-state index contributed by atoms with van der Waals surface area (Å²) < 4.78 is 4.66. The molecule has 1 aromatic rings. The maximum Gasteiger partial charge on any atom is 0.305 e. The van der Waals surface area contributed by atoms with E-state index in [-0.39, 0.29) is 12.4 Å². The van der Waals surface area contributed by atoms with Crippen molar-refractivity contribution < 1.29 is 19.4 Å². The van der Waals surface area contributed by atoms with Crippen molar-refractivity contribution in [2.24, 2.45) is 0 Å². The summed E-state index contributed by atoms with van der Waals surface area (Å²) in [5, 5.41) is 8.27. The first kappa shape index (κ1) is 17.2. The van der Waals surface area contributed by atoms with Gasteiger partial charge in [-0.05, 0) is 26.7 Å². The van der Waals surface area contributed by atoms with E-state index in [0.717, 1.165) is 0 Å². The fraction of sp³-hybridized carbons (Fsp3) is 0.467. The highest BCUT2D eigenvalue weighted by atomic mass is 16.5. The molecule has 0 aliphatic rings. The Labute approximate surface area is 114 Å². The second-order valence-electron chi connectivity index (χ2n) is 4.06. The zero-order valence-corrected chi connectivity index (χ0v) is 11.6. The van der Waals surface area contributed by atoms with Gasteiger partial charge in [-0.25, -0.2) is 0 Å². The molecule has 0 saturated carbocycles. The van der Waals surface area contributed by atoms with Gasteiger partial charge < -0.3 is 9.84 Å². The molecular formula is C15H22O4. The summed E-state index contributed by atoms with van der Waals surface area (Å²) in [4.78, 5) is 20.8. The summed E-state index contributed by atoms with van der Waals surface area (Å²) >= 11 is 0. The van der Waals surface area contributed by atoms with Crippen molar-refractivity contribution in [3.63, 3.8) is 0 Å². The van der Waals surface area contributed by atoms with E-state index < -0.39 is 5.97 Å². The van der Waals surface area contributed by atoms with Gasteiger partial charge in [0.2, 0.25) is 0 Å². The Hall–Kier alpha value is -1.84. The molecule has 1 aromatic carbocycles. The number of hydrogen-bond donors (Lipinski definition) is 1. The van der Waals surface area contributed by atoms with Crippen LogP contribution in [0.5, 0.6) is 0 Å². The standard InChI is InChI=1S/C8H14O4.C7H8/c1-2-12-8(11)6-4-3-5-7(9)10;1-7-5-3-2-4-6-7/h2-6H2,1H3,(H,9,10);2-6H,1H3. The van der Waals surface area contributed by atoms with Gasteiger partial charge in [-0.1, -0.05) is 35.9 Å². The number of unbranched alkanes of at least 4 members (excludes halogenated alkanes) is 1. The lowest BCUT2D eigenvalue weighted by Crippen LogP contribution is -2.03. The molecule has 0 unspecified atom stereocenters. The highest BCUT2D eigenvalue weighted by molar-refractivity contribution is 5.69. The molecule has 1 rings (SSSR count). The first-order chi connectivity index (χ1) is 9.06. The van der Waals surface area contributed by atoms with E-state index in [4.69, 9.17) is 5.11 Å². The van der Waals surface area contributed by atoms with Crippen LogP contribution in [0, 0.1) is 6.92 Å². The van der Waals surface area contributed by atoms with Crippen molar-refractivity contribution in [2.75, 3.05) is 6.61 Å². The van der Waals surface area contributed by atoms with Gasteiger partial charge in [0.25, 0.3) is 0 Å². The number of carbonyl (C=O) groups excluding carboxylic acids is 1. The summed E-state index contributed by atoms with van der Waals surface area (Å²) in [5.74, 6) is -1.07. The van der Waals surface area contributed by atoms with Gasteiger partial charge in [-0.2, -0.15) is 0 Å². The van der Waals surface area contributed by atoms with E-state index in [0.29, 0.717) is 25.9 Å². The van der Waals surface area contributed by atoms with E-state index in [2.05, 4.69) is 23.8 Å². The van der Waals surface area contributed by atoms with E-state index >= 15 is 0 Å². The van der Waals surface area contributed by atoms with Crippen LogP contribution >= 0.6 is 0 Å². The average Bonchev–Trinajstić information content (AvgIpc) is 2.36. The van der Waals surface area contributed by atoms with E-state index in [1.807, 2.05) is 18.2 Å². The number of aliphatic carboxylic acids is 1. The Morgan fingerprint density at radius 1 is 1.11 bits per heavy atom. The lowest BCUT2D eigenvalue weighted by atomic mass is 10.2. The quantitative estimate of drug-likeness (QED) is 0.634. The Kier molecular flexibility index (Phi) is 10.2. The Morgan fingerprint density at radius 3 is 2.11 bits per heavy atom. The number of carboxylic acid groups (broad SMARTS) is 1. The third-order valence-corrected chi connectivity index (χ3v) is 2.27. The molecular weight excluding hydrogens is 244 g/mol.